The van der Waals surface area contributed by atoms with Gasteiger partial charge >= 0.3 is 5.97 Å². The van der Waals surface area contributed by atoms with Crippen LogP contribution in [0.3, 0.4) is 0 Å². The molecule has 0 aromatic carbocycles. The lowest BCUT2D eigenvalue weighted by Crippen LogP contribution is -2.55. The SMILES string of the molecule is CCCCc1noc(CN2CCNC(=O)C2CC(=O)O)n1. The highest BCUT2D eigenvalue weighted by Crippen LogP contribution is 2.13. The predicted octanol–water partition coefficient (Wildman–Crippen LogP) is 0.187. The molecule has 116 valence electrons. The minimum atomic E-state index is -1.00. The van der Waals surface area contributed by atoms with Crippen molar-refractivity contribution in [3.05, 3.63) is 11.7 Å². The maximum Gasteiger partial charge on any atom is 0.305 e. The number of nitrogens with one attached hydrogen (secondary N) is 1. The molecule has 21 heavy (non-hydrogen) atoms. The van der Waals surface area contributed by atoms with Crippen molar-refractivity contribution in [2.24, 2.45) is 0 Å². The molecule has 1 aromatic heterocycles. The van der Waals surface area contributed by atoms with Crippen molar-refractivity contribution in [2.75, 3.05) is 13.1 Å². The molecule has 8 nitrogen and oxygen atoms in total. The Morgan fingerprint density at radius 3 is 3.10 bits per heavy atom. The van der Waals surface area contributed by atoms with E-state index in [1.807, 2.05) is 0 Å². The number of carbonyl (C=O) groups is 2. The molecule has 0 spiro atoms. The fourth-order valence-corrected chi connectivity index (χ4v) is 2.30. The molecule has 2 N–H and O–H groups in total. The predicted molar refractivity (Wildman–Crippen MR) is 72.4 cm³/mol. The van der Waals surface area contributed by atoms with Gasteiger partial charge in [-0.3, -0.25) is 14.5 Å². The summed E-state index contributed by atoms with van der Waals surface area (Å²) in [7, 11) is 0. The minimum absolute atomic E-state index is 0.233. The number of amides is 1. The molecule has 0 bridgehead atoms. The number of aliphatic carboxylic acids is 1. The Hall–Kier alpha value is -1.96. The number of hydrogen-bond acceptors (Lipinski definition) is 6. The number of carboxylic acids is 1. The zero-order chi connectivity index (χ0) is 15.2. The van der Waals surface area contributed by atoms with Gasteiger partial charge in [-0.05, 0) is 6.42 Å². The number of aromatic nitrogens is 2. The number of nitrogens with zero attached hydrogens (tertiary/aromatic N) is 3. The van der Waals surface area contributed by atoms with Crippen LogP contribution in [0, 0.1) is 0 Å². The fourth-order valence-electron chi connectivity index (χ4n) is 2.30. The second kappa shape index (κ2) is 7.16. The summed E-state index contributed by atoms with van der Waals surface area (Å²) in [5.74, 6) is -0.195. The van der Waals surface area contributed by atoms with E-state index in [0.717, 1.165) is 19.3 Å². The van der Waals surface area contributed by atoms with Crippen molar-refractivity contribution in [3.8, 4) is 0 Å². The first-order chi connectivity index (χ1) is 10.1. The van der Waals surface area contributed by atoms with Crippen molar-refractivity contribution < 1.29 is 19.2 Å². The Bertz CT molecular complexity index is 502. The van der Waals surface area contributed by atoms with Crippen LogP contribution in [0.1, 0.15) is 37.9 Å². The second-order valence-corrected chi connectivity index (χ2v) is 5.08. The van der Waals surface area contributed by atoms with Crippen molar-refractivity contribution >= 4 is 11.9 Å². The summed E-state index contributed by atoms with van der Waals surface area (Å²) in [6.45, 7) is 3.44. The third-order valence-corrected chi connectivity index (χ3v) is 3.41. The first-order valence-corrected chi connectivity index (χ1v) is 7.15. The molecular formula is C13H20N4O4. The molecule has 8 heteroatoms. The van der Waals surface area contributed by atoms with Crippen molar-refractivity contribution in [1.29, 1.82) is 0 Å². The fraction of sp³-hybridized carbons (Fsp3) is 0.692. The van der Waals surface area contributed by atoms with Gasteiger partial charge in [0, 0.05) is 19.5 Å². The Morgan fingerprint density at radius 2 is 2.38 bits per heavy atom. The number of carboxylic acid groups (broad SMARTS) is 1. The molecule has 1 unspecified atom stereocenters. The van der Waals surface area contributed by atoms with Gasteiger partial charge in [0.05, 0.1) is 13.0 Å². The molecule has 2 rings (SSSR count). The van der Waals surface area contributed by atoms with Gasteiger partial charge < -0.3 is 14.9 Å². The van der Waals surface area contributed by atoms with E-state index in [0.29, 0.717) is 31.3 Å². The highest BCUT2D eigenvalue weighted by molar-refractivity contribution is 5.86. The van der Waals surface area contributed by atoms with Crippen molar-refractivity contribution in [3.63, 3.8) is 0 Å². The van der Waals surface area contributed by atoms with E-state index in [4.69, 9.17) is 9.63 Å². The van der Waals surface area contributed by atoms with Crippen LogP contribution in [0.5, 0.6) is 0 Å². The lowest BCUT2D eigenvalue weighted by Gasteiger charge is -2.32. The average Bonchev–Trinajstić information content (AvgIpc) is 2.87. The molecule has 1 amide bonds. The van der Waals surface area contributed by atoms with Gasteiger partial charge in [0.25, 0.3) is 0 Å². The highest BCUT2D eigenvalue weighted by Gasteiger charge is 2.32. The average molecular weight is 296 g/mol. The monoisotopic (exact) mass is 296 g/mol. The molecule has 1 aliphatic rings. The maximum atomic E-state index is 11.8. The Balaban J connectivity index is 2.00. The zero-order valence-corrected chi connectivity index (χ0v) is 12.0. The van der Waals surface area contributed by atoms with Crippen LogP contribution < -0.4 is 5.32 Å². The van der Waals surface area contributed by atoms with Crippen LogP contribution in [-0.4, -0.2) is 51.2 Å². The van der Waals surface area contributed by atoms with E-state index in [1.54, 1.807) is 4.90 Å². The maximum absolute atomic E-state index is 11.8. The van der Waals surface area contributed by atoms with Crippen LogP contribution in [0.2, 0.25) is 0 Å². The second-order valence-electron chi connectivity index (χ2n) is 5.08. The Labute approximate surface area is 122 Å². The zero-order valence-electron chi connectivity index (χ0n) is 12.0. The van der Waals surface area contributed by atoms with Crippen LogP contribution in [-0.2, 0) is 22.6 Å². The van der Waals surface area contributed by atoms with Gasteiger partial charge in [-0.1, -0.05) is 18.5 Å². The summed E-state index contributed by atoms with van der Waals surface area (Å²) in [5, 5.41) is 15.5. The van der Waals surface area contributed by atoms with Gasteiger partial charge in [-0.25, -0.2) is 0 Å². The third kappa shape index (κ3) is 4.25. The Kier molecular flexibility index (Phi) is 5.26. The smallest absolute Gasteiger partial charge is 0.305 e. The Morgan fingerprint density at radius 1 is 1.57 bits per heavy atom. The first kappa shape index (κ1) is 15.4. The molecule has 1 saturated heterocycles. The van der Waals surface area contributed by atoms with Gasteiger partial charge in [-0.15, -0.1) is 0 Å². The summed E-state index contributed by atoms with van der Waals surface area (Å²) in [6, 6.07) is -0.692. The van der Waals surface area contributed by atoms with Gasteiger partial charge in [0.1, 0.15) is 6.04 Å². The van der Waals surface area contributed by atoms with Gasteiger partial charge in [0.15, 0.2) is 5.82 Å². The number of aryl methyl sites for hydroxylation is 1. The third-order valence-electron chi connectivity index (χ3n) is 3.41. The van der Waals surface area contributed by atoms with E-state index in [1.165, 1.54) is 0 Å². The molecule has 1 fully saturated rings. The summed E-state index contributed by atoms with van der Waals surface area (Å²) >= 11 is 0. The molecular weight excluding hydrogens is 276 g/mol. The van der Waals surface area contributed by atoms with Crippen LogP contribution >= 0.6 is 0 Å². The van der Waals surface area contributed by atoms with E-state index < -0.39 is 12.0 Å². The summed E-state index contributed by atoms with van der Waals surface area (Å²) in [4.78, 5) is 28.7. The minimum Gasteiger partial charge on any atom is -0.481 e. The standard InChI is InChI=1S/C13H20N4O4/c1-2-3-4-10-15-11(21-16-10)8-17-6-5-14-13(20)9(17)7-12(18)19/h9H,2-8H2,1H3,(H,14,20)(H,18,19). The number of piperazine rings is 1. The van der Waals surface area contributed by atoms with Crippen LogP contribution in [0.4, 0.5) is 0 Å². The quantitative estimate of drug-likeness (QED) is 0.739. The van der Waals surface area contributed by atoms with Crippen molar-refractivity contribution in [2.45, 2.75) is 45.2 Å². The van der Waals surface area contributed by atoms with Crippen molar-refractivity contribution in [1.82, 2.24) is 20.4 Å². The van der Waals surface area contributed by atoms with Crippen LogP contribution in [0.15, 0.2) is 4.52 Å². The molecule has 0 aliphatic carbocycles. The normalized spacial score (nSPS) is 19.5. The molecule has 0 radical (unpaired) electrons. The lowest BCUT2D eigenvalue weighted by atomic mass is 10.1. The van der Waals surface area contributed by atoms with E-state index in [2.05, 4.69) is 22.4 Å². The first-order valence-electron chi connectivity index (χ1n) is 7.15. The number of hydrogen-bond donors (Lipinski definition) is 2. The summed E-state index contributed by atoms with van der Waals surface area (Å²) in [5.41, 5.74) is 0. The molecule has 1 aliphatic heterocycles. The molecule has 1 atom stereocenters. The van der Waals surface area contributed by atoms with E-state index in [-0.39, 0.29) is 12.3 Å². The summed E-state index contributed by atoms with van der Waals surface area (Å²) < 4.78 is 5.17. The number of unbranched alkanes of at least 4 members (excludes halogenated alkanes) is 1. The molecule has 0 saturated carbocycles. The lowest BCUT2D eigenvalue weighted by molar-refractivity contribution is -0.143. The summed E-state index contributed by atoms with van der Waals surface area (Å²) in [6.07, 6.45) is 2.57. The molecule has 2 heterocycles. The van der Waals surface area contributed by atoms with Gasteiger partial charge in [-0.2, -0.15) is 4.98 Å². The number of rotatable bonds is 7. The van der Waals surface area contributed by atoms with Gasteiger partial charge in [0.2, 0.25) is 11.8 Å². The highest BCUT2D eigenvalue weighted by atomic mass is 16.5. The topological polar surface area (TPSA) is 109 Å². The van der Waals surface area contributed by atoms with E-state index in [9.17, 15) is 9.59 Å². The molecule has 1 aromatic rings. The van der Waals surface area contributed by atoms with Crippen LogP contribution in [0.25, 0.3) is 0 Å². The number of carbonyl (C=O) groups excluding carboxylic acids is 1. The van der Waals surface area contributed by atoms with E-state index >= 15 is 0 Å². The largest absolute Gasteiger partial charge is 0.481 e.